The third kappa shape index (κ3) is 3.06. The Kier molecular flexibility index (Phi) is 4.73. The average Bonchev–Trinajstić information content (AvgIpc) is 3.32. The lowest BCUT2D eigenvalue weighted by atomic mass is 9.97. The molecule has 1 aliphatic rings. The molecule has 0 N–H and O–H groups in total. The van der Waals surface area contributed by atoms with Crippen molar-refractivity contribution in [1.29, 1.82) is 0 Å². The Morgan fingerprint density at radius 3 is 2.80 bits per heavy atom. The van der Waals surface area contributed by atoms with Crippen molar-refractivity contribution in [3.63, 3.8) is 0 Å². The number of methoxy groups -OCH3 is 1. The molecular weight excluding hydrogens is 398 g/mol. The fourth-order valence-electron chi connectivity index (χ4n) is 4.36. The van der Waals surface area contributed by atoms with Crippen LogP contribution in [0.1, 0.15) is 18.4 Å². The van der Waals surface area contributed by atoms with Crippen LogP contribution >= 0.6 is 11.3 Å². The molecule has 30 heavy (non-hydrogen) atoms. The van der Waals surface area contributed by atoms with Crippen LogP contribution in [0.25, 0.3) is 21.4 Å². The van der Waals surface area contributed by atoms with E-state index in [-0.39, 0.29) is 5.69 Å². The Morgan fingerprint density at radius 1 is 1.23 bits per heavy atom. The molecule has 1 fully saturated rings. The predicted molar refractivity (Wildman–Crippen MR) is 121 cm³/mol. The highest BCUT2D eigenvalue weighted by atomic mass is 32.1. The minimum Gasteiger partial charge on any atom is -0.494 e. The number of hydrogen-bond acceptors (Lipinski definition) is 6. The van der Waals surface area contributed by atoms with Crippen LogP contribution in [0.15, 0.2) is 35.3 Å². The van der Waals surface area contributed by atoms with Gasteiger partial charge in [-0.25, -0.2) is 14.8 Å². The van der Waals surface area contributed by atoms with Crippen molar-refractivity contribution in [3.05, 3.63) is 46.5 Å². The van der Waals surface area contributed by atoms with E-state index in [2.05, 4.69) is 22.9 Å². The minimum atomic E-state index is 0.0138. The van der Waals surface area contributed by atoms with Crippen molar-refractivity contribution >= 4 is 37.8 Å². The number of hydrogen-bond donors (Lipinski definition) is 0. The topological polar surface area (TPSA) is 65.2 Å². The molecule has 4 aromatic rings. The molecular formula is C22H25N5O2S. The SMILES string of the molecule is COc1ccc(C)c2sc(N3CCC(Cn4c(=O)n(C)c5cccnc54)CC3)nc12. The summed E-state index contributed by atoms with van der Waals surface area (Å²) in [6, 6.07) is 7.90. The van der Waals surface area contributed by atoms with E-state index in [1.165, 1.54) is 10.3 Å². The molecule has 0 radical (unpaired) electrons. The van der Waals surface area contributed by atoms with Crippen LogP contribution in [0.4, 0.5) is 5.13 Å². The van der Waals surface area contributed by atoms with Gasteiger partial charge >= 0.3 is 5.69 Å². The van der Waals surface area contributed by atoms with E-state index in [9.17, 15) is 4.79 Å². The molecule has 4 heterocycles. The molecule has 1 saturated heterocycles. The maximum Gasteiger partial charge on any atom is 0.330 e. The molecule has 0 unspecified atom stereocenters. The molecule has 0 amide bonds. The molecule has 0 spiro atoms. The molecule has 5 rings (SSSR count). The summed E-state index contributed by atoms with van der Waals surface area (Å²) in [7, 11) is 3.51. The molecule has 0 atom stereocenters. The summed E-state index contributed by atoms with van der Waals surface area (Å²) >= 11 is 1.74. The summed E-state index contributed by atoms with van der Waals surface area (Å²) in [5.74, 6) is 1.29. The van der Waals surface area contributed by atoms with Gasteiger partial charge in [-0.1, -0.05) is 17.4 Å². The number of aromatic nitrogens is 4. The number of pyridine rings is 1. The van der Waals surface area contributed by atoms with Gasteiger partial charge in [-0.2, -0.15) is 0 Å². The first-order valence-corrected chi connectivity index (χ1v) is 11.1. The summed E-state index contributed by atoms with van der Waals surface area (Å²) in [6.07, 6.45) is 3.81. The molecule has 156 valence electrons. The predicted octanol–water partition coefficient (Wildman–Crippen LogP) is 3.58. The van der Waals surface area contributed by atoms with E-state index in [4.69, 9.17) is 9.72 Å². The molecule has 8 heteroatoms. The van der Waals surface area contributed by atoms with Gasteiger partial charge in [0.25, 0.3) is 0 Å². The highest BCUT2D eigenvalue weighted by molar-refractivity contribution is 7.22. The van der Waals surface area contributed by atoms with Gasteiger partial charge in [-0.15, -0.1) is 0 Å². The maximum atomic E-state index is 12.7. The number of ether oxygens (including phenoxy) is 1. The lowest BCUT2D eigenvalue weighted by Crippen LogP contribution is -2.36. The first kappa shape index (κ1) is 19.1. The van der Waals surface area contributed by atoms with Crippen LogP contribution in [-0.4, -0.2) is 39.3 Å². The second-order valence-corrected chi connectivity index (χ2v) is 8.97. The summed E-state index contributed by atoms with van der Waals surface area (Å²) < 4.78 is 10.2. The fourth-order valence-corrected chi connectivity index (χ4v) is 5.46. The zero-order valence-corrected chi connectivity index (χ0v) is 18.3. The molecule has 1 aliphatic heterocycles. The van der Waals surface area contributed by atoms with Gasteiger partial charge in [0.1, 0.15) is 11.3 Å². The van der Waals surface area contributed by atoms with E-state index >= 15 is 0 Å². The molecule has 1 aromatic carbocycles. The van der Waals surface area contributed by atoms with Crippen LogP contribution in [0, 0.1) is 12.8 Å². The molecule has 0 aliphatic carbocycles. The van der Waals surface area contributed by atoms with E-state index in [1.54, 1.807) is 29.2 Å². The number of rotatable bonds is 4. The third-order valence-electron chi connectivity index (χ3n) is 6.14. The second kappa shape index (κ2) is 7.43. The van der Waals surface area contributed by atoms with Gasteiger partial charge in [0.15, 0.2) is 10.8 Å². The van der Waals surface area contributed by atoms with Crippen molar-refractivity contribution in [2.24, 2.45) is 13.0 Å². The van der Waals surface area contributed by atoms with Crippen molar-refractivity contribution in [2.75, 3.05) is 25.1 Å². The Bertz CT molecular complexity index is 1280. The second-order valence-electron chi connectivity index (χ2n) is 7.99. The van der Waals surface area contributed by atoms with Crippen molar-refractivity contribution < 1.29 is 4.74 Å². The Labute approximate surface area is 178 Å². The molecule has 7 nitrogen and oxygen atoms in total. The Balaban J connectivity index is 1.34. The summed E-state index contributed by atoms with van der Waals surface area (Å²) in [5, 5.41) is 1.06. The lowest BCUT2D eigenvalue weighted by Gasteiger charge is -2.31. The molecule has 3 aromatic heterocycles. The Hall–Kier alpha value is -2.87. The van der Waals surface area contributed by atoms with Crippen molar-refractivity contribution in [2.45, 2.75) is 26.3 Å². The van der Waals surface area contributed by atoms with Crippen LogP contribution < -0.4 is 15.3 Å². The number of piperidine rings is 1. The van der Waals surface area contributed by atoms with E-state index in [0.29, 0.717) is 12.5 Å². The highest BCUT2D eigenvalue weighted by Crippen LogP contribution is 2.37. The quantitative estimate of drug-likeness (QED) is 0.502. The fraction of sp³-hybridized carbons (Fsp3) is 0.409. The minimum absolute atomic E-state index is 0.0138. The van der Waals surface area contributed by atoms with Crippen LogP contribution in [0.3, 0.4) is 0 Å². The zero-order valence-electron chi connectivity index (χ0n) is 17.5. The van der Waals surface area contributed by atoms with E-state index in [0.717, 1.165) is 53.5 Å². The standard InChI is InChI=1S/C22H25N5O2S/c1-14-6-7-17(29-3)18-19(14)30-21(24-18)26-11-8-15(9-12-26)13-27-20-16(5-4-10-23-20)25(2)22(27)28/h4-7,10,15H,8-9,11-13H2,1-3H3. The van der Waals surface area contributed by atoms with Crippen molar-refractivity contribution in [3.8, 4) is 5.75 Å². The van der Waals surface area contributed by atoms with E-state index < -0.39 is 0 Å². The number of aryl methyl sites for hydroxylation is 2. The third-order valence-corrected chi connectivity index (χ3v) is 7.39. The van der Waals surface area contributed by atoms with E-state index in [1.807, 2.05) is 29.8 Å². The molecule has 0 saturated carbocycles. The number of benzene rings is 1. The number of nitrogens with zero attached hydrogens (tertiary/aromatic N) is 5. The van der Waals surface area contributed by atoms with Crippen LogP contribution in [0.5, 0.6) is 5.75 Å². The normalized spacial score (nSPS) is 15.4. The van der Waals surface area contributed by atoms with Crippen molar-refractivity contribution in [1.82, 2.24) is 19.1 Å². The average molecular weight is 424 g/mol. The monoisotopic (exact) mass is 423 g/mol. The highest BCUT2D eigenvalue weighted by Gasteiger charge is 2.24. The summed E-state index contributed by atoms with van der Waals surface area (Å²) in [6.45, 7) is 4.72. The van der Waals surface area contributed by atoms with Gasteiger partial charge in [0.05, 0.1) is 17.3 Å². The van der Waals surface area contributed by atoms with Gasteiger partial charge in [0, 0.05) is 32.9 Å². The van der Waals surface area contributed by atoms with Crippen LogP contribution in [-0.2, 0) is 13.6 Å². The number of thiazole rings is 1. The number of fused-ring (bicyclic) bond motifs is 2. The van der Waals surface area contributed by atoms with Crippen LogP contribution in [0.2, 0.25) is 0 Å². The van der Waals surface area contributed by atoms with Gasteiger partial charge in [0.2, 0.25) is 0 Å². The first-order valence-electron chi connectivity index (χ1n) is 10.3. The number of imidazole rings is 1. The Morgan fingerprint density at radius 2 is 2.03 bits per heavy atom. The smallest absolute Gasteiger partial charge is 0.330 e. The summed E-state index contributed by atoms with van der Waals surface area (Å²) in [5.41, 5.74) is 3.86. The molecule has 0 bridgehead atoms. The van der Waals surface area contributed by atoms with Gasteiger partial charge in [-0.3, -0.25) is 9.13 Å². The van der Waals surface area contributed by atoms with Gasteiger partial charge < -0.3 is 9.64 Å². The summed E-state index contributed by atoms with van der Waals surface area (Å²) in [4.78, 5) is 24.4. The largest absolute Gasteiger partial charge is 0.494 e. The zero-order chi connectivity index (χ0) is 20.8. The van der Waals surface area contributed by atoms with Gasteiger partial charge in [-0.05, 0) is 49.4 Å². The number of anilines is 1. The maximum absolute atomic E-state index is 12.7. The first-order chi connectivity index (χ1) is 14.6. The lowest BCUT2D eigenvalue weighted by molar-refractivity contribution is 0.355.